The number of fused-ring (bicyclic) bond motifs is 1. The average molecular weight is 463 g/mol. The van der Waals surface area contributed by atoms with Crippen LogP contribution in [0.4, 0.5) is 11.5 Å². The topological polar surface area (TPSA) is 61.3 Å². The second kappa shape index (κ2) is 10.0. The van der Waals surface area contributed by atoms with E-state index in [1.54, 1.807) is 0 Å². The molecule has 0 bridgehead atoms. The molecule has 3 aromatic carbocycles. The van der Waals surface area contributed by atoms with Gasteiger partial charge in [0.15, 0.2) is 0 Å². The van der Waals surface area contributed by atoms with Crippen molar-refractivity contribution in [2.75, 3.05) is 23.3 Å². The zero-order valence-electron chi connectivity index (χ0n) is 19.9. The Morgan fingerprint density at radius 2 is 1.69 bits per heavy atom. The molecule has 5 heteroatoms. The summed E-state index contributed by atoms with van der Waals surface area (Å²) >= 11 is 0. The van der Waals surface area contributed by atoms with E-state index in [1.807, 2.05) is 6.20 Å². The van der Waals surface area contributed by atoms with E-state index in [9.17, 15) is 5.11 Å². The highest BCUT2D eigenvalue weighted by Crippen LogP contribution is 2.25. The van der Waals surface area contributed by atoms with Crippen LogP contribution in [-0.4, -0.2) is 28.2 Å². The normalized spacial score (nSPS) is 13.2. The van der Waals surface area contributed by atoms with Gasteiger partial charge in [-0.15, -0.1) is 0 Å². The SMILES string of the molecule is C=C(O)Cc1cnc(Cc2ccc(NC(=C)c3ccc4ccccc4c3)cc2)nc1N1CCCC1. The largest absolute Gasteiger partial charge is 0.513 e. The summed E-state index contributed by atoms with van der Waals surface area (Å²) in [6, 6.07) is 23.0. The van der Waals surface area contributed by atoms with Crippen LogP contribution in [0.2, 0.25) is 0 Å². The van der Waals surface area contributed by atoms with Crippen molar-refractivity contribution < 1.29 is 5.11 Å². The van der Waals surface area contributed by atoms with Crippen molar-refractivity contribution in [3.05, 3.63) is 114 Å². The summed E-state index contributed by atoms with van der Waals surface area (Å²) < 4.78 is 0. The highest BCUT2D eigenvalue weighted by molar-refractivity contribution is 5.87. The van der Waals surface area contributed by atoms with Gasteiger partial charge in [0.1, 0.15) is 11.6 Å². The fraction of sp³-hybridized carbons (Fsp3) is 0.200. The Hall–Kier alpha value is -4.12. The minimum absolute atomic E-state index is 0.134. The van der Waals surface area contributed by atoms with Gasteiger partial charge in [0.2, 0.25) is 0 Å². The third-order valence-corrected chi connectivity index (χ3v) is 6.40. The van der Waals surface area contributed by atoms with Crippen molar-refractivity contribution in [2.24, 2.45) is 0 Å². The van der Waals surface area contributed by atoms with Crippen LogP contribution in [0.15, 0.2) is 91.8 Å². The summed E-state index contributed by atoms with van der Waals surface area (Å²) in [6.07, 6.45) is 5.19. The molecule has 0 radical (unpaired) electrons. The van der Waals surface area contributed by atoms with Crippen LogP contribution < -0.4 is 10.2 Å². The quantitative estimate of drug-likeness (QED) is 0.292. The number of rotatable bonds is 8. The zero-order chi connectivity index (χ0) is 24.2. The molecule has 0 spiro atoms. The highest BCUT2D eigenvalue weighted by Gasteiger charge is 2.19. The number of hydrogen-bond donors (Lipinski definition) is 2. The number of hydrogen-bond acceptors (Lipinski definition) is 5. The molecule has 0 saturated carbocycles. The van der Waals surface area contributed by atoms with Crippen LogP contribution in [-0.2, 0) is 12.8 Å². The van der Waals surface area contributed by atoms with Gasteiger partial charge < -0.3 is 15.3 Å². The molecule has 0 aliphatic carbocycles. The predicted octanol–water partition coefficient (Wildman–Crippen LogP) is 6.52. The molecular formula is C30H30N4O. The standard InChI is InChI=1S/C30H30N4O/c1-21(35)17-27-20-31-29(33-30(27)34-15-5-6-16-34)18-23-9-13-28(14-10-23)32-22(2)25-12-11-24-7-3-4-8-26(24)19-25/h3-4,7-14,19-20,32,35H,1-2,5-6,15-18H2. The summed E-state index contributed by atoms with van der Waals surface area (Å²) in [4.78, 5) is 11.7. The lowest BCUT2D eigenvalue weighted by molar-refractivity contribution is 0.401. The average Bonchev–Trinajstić information content (AvgIpc) is 3.40. The molecule has 0 amide bonds. The monoisotopic (exact) mass is 462 g/mol. The number of allylic oxidation sites excluding steroid dienone is 1. The third-order valence-electron chi connectivity index (χ3n) is 6.40. The molecule has 2 heterocycles. The van der Waals surface area contributed by atoms with E-state index in [1.165, 1.54) is 10.8 Å². The Balaban J connectivity index is 1.28. The summed E-state index contributed by atoms with van der Waals surface area (Å²) in [5.74, 6) is 1.84. The molecule has 2 N–H and O–H groups in total. The van der Waals surface area contributed by atoms with Gasteiger partial charge in [0.05, 0.1) is 5.76 Å². The van der Waals surface area contributed by atoms with Gasteiger partial charge in [0, 0.05) is 49.1 Å². The van der Waals surface area contributed by atoms with E-state index < -0.39 is 0 Å². The van der Waals surface area contributed by atoms with Gasteiger partial charge in [-0.05, 0) is 52.9 Å². The van der Waals surface area contributed by atoms with Crippen LogP contribution in [0, 0.1) is 0 Å². The first-order chi connectivity index (χ1) is 17.0. The van der Waals surface area contributed by atoms with Crippen LogP contribution in [0.1, 0.15) is 35.4 Å². The molecule has 0 atom stereocenters. The van der Waals surface area contributed by atoms with Crippen LogP contribution in [0.5, 0.6) is 0 Å². The number of aliphatic hydroxyl groups excluding tert-OH is 1. The van der Waals surface area contributed by atoms with Crippen molar-refractivity contribution in [3.8, 4) is 0 Å². The lowest BCUT2D eigenvalue weighted by Crippen LogP contribution is -2.22. The Kier molecular flexibility index (Phi) is 6.49. The van der Waals surface area contributed by atoms with Gasteiger partial charge in [0.25, 0.3) is 0 Å². The Morgan fingerprint density at radius 3 is 2.43 bits per heavy atom. The van der Waals surface area contributed by atoms with E-state index in [2.05, 4.69) is 95.1 Å². The van der Waals surface area contributed by atoms with Gasteiger partial charge in [-0.25, -0.2) is 9.97 Å². The van der Waals surface area contributed by atoms with Crippen LogP contribution in [0.3, 0.4) is 0 Å². The maximum atomic E-state index is 9.70. The first-order valence-electron chi connectivity index (χ1n) is 12.1. The van der Waals surface area contributed by atoms with Crippen molar-refractivity contribution in [3.63, 3.8) is 0 Å². The fourth-order valence-corrected chi connectivity index (χ4v) is 4.58. The number of benzene rings is 3. The second-order valence-electron chi connectivity index (χ2n) is 9.11. The summed E-state index contributed by atoms with van der Waals surface area (Å²) in [5, 5.41) is 15.5. The van der Waals surface area contributed by atoms with Crippen LogP contribution >= 0.6 is 0 Å². The smallest absolute Gasteiger partial charge is 0.135 e. The number of nitrogens with one attached hydrogen (secondary N) is 1. The fourth-order valence-electron chi connectivity index (χ4n) is 4.58. The predicted molar refractivity (Wildman–Crippen MR) is 145 cm³/mol. The molecule has 5 rings (SSSR count). The minimum atomic E-state index is 0.134. The summed E-state index contributed by atoms with van der Waals surface area (Å²) in [6.45, 7) is 9.85. The first kappa shape index (κ1) is 22.7. The van der Waals surface area contributed by atoms with Gasteiger partial charge in [-0.3, -0.25) is 0 Å². The number of nitrogens with zero attached hydrogens (tertiary/aromatic N) is 3. The van der Waals surface area contributed by atoms with Gasteiger partial charge in [-0.2, -0.15) is 0 Å². The minimum Gasteiger partial charge on any atom is -0.513 e. The second-order valence-corrected chi connectivity index (χ2v) is 9.11. The van der Waals surface area contributed by atoms with Crippen molar-refractivity contribution in [1.82, 2.24) is 9.97 Å². The number of anilines is 2. The lowest BCUT2D eigenvalue weighted by Gasteiger charge is -2.20. The number of aliphatic hydroxyl groups is 1. The van der Waals surface area contributed by atoms with Crippen molar-refractivity contribution in [1.29, 1.82) is 0 Å². The molecule has 1 aliphatic heterocycles. The Morgan fingerprint density at radius 1 is 0.943 bits per heavy atom. The molecular weight excluding hydrogens is 432 g/mol. The van der Waals surface area contributed by atoms with Gasteiger partial charge in [-0.1, -0.05) is 61.7 Å². The first-order valence-corrected chi connectivity index (χ1v) is 12.1. The third kappa shape index (κ3) is 5.35. The molecule has 4 aromatic rings. The Labute approximate surface area is 206 Å². The molecule has 1 aliphatic rings. The maximum Gasteiger partial charge on any atom is 0.135 e. The maximum absolute atomic E-state index is 9.70. The van der Waals surface area contributed by atoms with E-state index in [0.717, 1.165) is 65.6 Å². The molecule has 176 valence electrons. The zero-order valence-corrected chi connectivity index (χ0v) is 19.9. The summed E-state index contributed by atoms with van der Waals surface area (Å²) in [5.41, 5.74) is 4.99. The highest BCUT2D eigenvalue weighted by atomic mass is 16.3. The molecule has 5 nitrogen and oxygen atoms in total. The van der Waals surface area contributed by atoms with E-state index in [-0.39, 0.29) is 5.76 Å². The molecule has 1 aromatic heterocycles. The van der Waals surface area contributed by atoms with Crippen LogP contribution in [0.25, 0.3) is 16.5 Å². The number of aromatic nitrogens is 2. The van der Waals surface area contributed by atoms with E-state index in [0.29, 0.717) is 12.8 Å². The summed E-state index contributed by atoms with van der Waals surface area (Å²) in [7, 11) is 0. The van der Waals surface area contributed by atoms with Crippen molar-refractivity contribution in [2.45, 2.75) is 25.7 Å². The van der Waals surface area contributed by atoms with E-state index >= 15 is 0 Å². The molecule has 35 heavy (non-hydrogen) atoms. The molecule has 0 unspecified atom stereocenters. The van der Waals surface area contributed by atoms with Crippen molar-refractivity contribution >= 4 is 28.0 Å². The molecule has 1 saturated heterocycles. The molecule has 1 fully saturated rings. The van der Waals surface area contributed by atoms with E-state index in [4.69, 9.17) is 4.98 Å². The lowest BCUT2D eigenvalue weighted by atomic mass is 10.1. The van der Waals surface area contributed by atoms with Gasteiger partial charge >= 0.3 is 0 Å². The Bertz CT molecular complexity index is 1370.